The van der Waals surface area contributed by atoms with Gasteiger partial charge in [0.05, 0.1) is 20.5 Å². The van der Waals surface area contributed by atoms with Crippen molar-refractivity contribution in [3.05, 3.63) is 47.9 Å². The van der Waals surface area contributed by atoms with Gasteiger partial charge >= 0.3 is 0 Å². The molecule has 1 aromatic carbocycles. The maximum atomic E-state index is 12.4. The van der Waals surface area contributed by atoms with E-state index >= 15 is 0 Å². The van der Waals surface area contributed by atoms with Crippen LogP contribution in [0.4, 0.5) is 0 Å². The lowest BCUT2D eigenvalue weighted by Gasteiger charge is -2.18. The molecule has 1 aliphatic rings. The van der Waals surface area contributed by atoms with Crippen molar-refractivity contribution in [3.8, 4) is 11.5 Å². The topological polar surface area (TPSA) is 51.9 Å². The van der Waals surface area contributed by atoms with Crippen molar-refractivity contribution in [1.82, 2.24) is 4.90 Å². The zero-order chi connectivity index (χ0) is 16.9. The zero-order valence-electron chi connectivity index (χ0n) is 14.2. The molecule has 0 bridgehead atoms. The van der Waals surface area contributed by atoms with Crippen LogP contribution >= 0.6 is 0 Å². The minimum Gasteiger partial charge on any atom is -0.497 e. The van der Waals surface area contributed by atoms with Crippen LogP contribution in [-0.4, -0.2) is 38.1 Å². The Bertz CT molecular complexity index is 681. The average Bonchev–Trinajstić information content (AvgIpc) is 3.30. The summed E-state index contributed by atoms with van der Waals surface area (Å²) in [4.78, 5) is 14.4. The number of methoxy groups -OCH3 is 2. The molecule has 1 amide bonds. The van der Waals surface area contributed by atoms with Gasteiger partial charge < -0.3 is 18.8 Å². The predicted octanol–water partition coefficient (Wildman–Crippen LogP) is 3.25. The van der Waals surface area contributed by atoms with Crippen molar-refractivity contribution >= 4 is 5.91 Å². The van der Waals surface area contributed by atoms with Crippen LogP contribution in [0.3, 0.4) is 0 Å². The molecular formula is C19H23NO4. The molecule has 1 aromatic heterocycles. The molecule has 2 aromatic rings. The number of hydrogen-bond acceptors (Lipinski definition) is 4. The second kappa shape index (κ2) is 7.43. The minimum atomic E-state index is 0.177. The fraction of sp³-hybridized carbons (Fsp3) is 0.421. The summed E-state index contributed by atoms with van der Waals surface area (Å²) in [6.45, 7) is 1.50. The van der Waals surface area contributed by atoms with E-state index in [0.717, 1.165) is 42.3 Å². The molecule has 2 heterocycles. The second-order valence-corrected chi connectivity index (χ2v) is 6.01. The number of amides is 1. The van der Waals surface area contributed by atoms with Crippen molar-refractivity contribution in [2.24, 2.45) is 0 Å². The third-order valence-corrected chi connectivity index (χ3v) is 4.58. The summed E-state index contributed by atoms with van der Waals surface area (Å²) in [5, 5.41) is 0. The molecule has 0 spiro atoms. The number of carbonyl (C=O) groups is 1. The zero-order valence-corrected chi connectivity index (χ0v) is 14.2. The molecule has 0 saturated carbocycles. The largest absolute Gasteiger partial charge is 0.497 e. The fourth-order valence-corrected chi connectivity index (χ4v) is 3.24. The van der Waals surface area contributed by atoms with Gasteiger partial charge in [-0.3, -0.25) is 4.79 Å². The molecule has 0 aliphatic carbocycles. The van der Waals surface area contributed by atoms with Gasteiger partial charge in [-0.25, -0.2) is 0 Å². The van der Waals surface area contributed by atoms with E-state index in [1.54, 1.807) is 20.5 Å². The number of ether oxygens (including phenoxy) is 2. The number of benzene rings is 1. The molecule has 0 unspecified atom stereocenters. The first-order valence-electron chi connectivity index (χ1n) is 8.23. The number of carbonyl (C=O) groups excluding carboxylic acids is 1. The van der Waals surface area contributed by atoms with Gasteiger partial charge in [-0.2, -0.15) is 0 Å². The second-order valence-electron chi connectivity index (χ2n) is 6.01. The van der Waals surface area contributed by atoms with Gasteiger partial charge in [0, 0.05) is 37.4 Å². The number of aryl methyl sites for hydroxylation is 1. The highest BCUT2D eigenvalue weighted by Crippen LogP contribution is 2.36. The fourth-order valence-electron chi connectivity index (χ4n) is 3.24. The summed E-state index contributed by atoms with van der Waals surface area (Å²) in [6.07, 6.45) is 3.71. The average molecular weight is 329 g/mol. The third-order valence-electron chi connectivity index (χ3n) is 4.58. The van der Waals surface area contributed by atoms with E-state index < -0.39 is 0 Å². The molecule has 1 aliphatic heterocycles. The highest BCUT2D eigenvalue weighted by atomic mass is 16.5. The molecule has 0 N–H and O–H groups in total. The van der Waals surface area contributed by atoms with Gasteiger partial charge in [-0.1, -0.05) is 0 Å². The molecule has 1 fully saturated rings. The SMILES string of the molecule is COc1ccc(OC)c([C@@H]2CCN(C(=O)CCc3ccco3)C2)c1. The van der Waals surface area contributed by atoms with Crippen LogP contribution in [0, 0.1) is 0 Å². The van der Waals surface area contributed by atoms with Gasteiger partial charge in [-0.05, 0) is 36.8 Å². The number of hydrogen-bond donors (Lipinski definition) is 0. The molecule has 5 nitrogen and oxygen atoms in total. The standard InChI is InChI=1S/C19H23NO4/c1-22-16-5-7-18(23-2)17(12-16)14-9-10-20(13-14)19(21)8-6-15-4-3-11-24-15/h3-5,7,11-12,14H,6,8-10,13H2,1-2H3/t14-/m1/s1. The highest BCUT2D eigenvalue weighted by Gasteiger charge is 2.29. The Balaban J connectivity index is 1.63. The Morgan fingerprint density at radius 2 is 2.17 bits per heavy atom. The monoisotopic (exact) mass is 329 g/mol. The van der Waals surface area contributed by atoms with Gasteiger partial charge in [0.25, 0.3) is 0 Å². The Labute approximate surface area is 142 Å². The van der Waals surface area contributed by atoms with Crippen LogP contribution in [0.1, 0.15) is 30.1 Å². The molecule has 1 saturated heterocycles. The van der Waals surface area contributed by atoms with Gasteiger partial charge in [0.15, 0.2) is 0 Å². The Morgan fingerprint density at radius 1 is 1.29 bits per heavy atom. The lowest BCUT2D eigenvalue weighted by atomic mass is 9.97. The number of nitrogens with zero attached hydrogens (tertiary/aromatic N) is 1. The normalized spacial score (nSPS) is 17.1. The van der Waals surface area contributed by atoms with Gasteiger partial charge in [-0.15, -0.1) is 0 Å². The molecule has 1 atom stereocenters. The predicted molar refractivity (Wildman–Crippen MR) is 90.5 cm³/mol. The first-order valence-corrected chi connectivity index (χ1v) is 8.23. The van der Waals surface area contributed by atoms with E-state index in [0.29, 0.717) is 12.8 Å². The van der Waals surface area contributed by atoms with Crippen LogP contribution in [0.2, 0.25) is 0 Å². The third kappa shape index (κ3) is 3.55. The summed E-state index contributed by atoms with van der Waals surface area (Å²) in [7, 11) is 3.33. The van der Waals surface area contributed by atoms with Crippen molar-refractivity contribution in [2.45, 2.75) is 25.2 Å². The van der Waals surface area contributed by atoms with Crippen molar-refractivity contribution in [3.63, 3.8) is 0 Å². The van der Waals surface area contributed by atoms with E-state index in [1.165, 1.54) is 0 Å². The Kier molecular flexibility index (Phi) is 5.08. The van der Waals surface area contributed by atoms with E-state index in [9.17, 15) is 4.79 Å². The molecule has 5 heteroatoms. The summed E-state index contributed by atoms with van der Waals surface area (Å²) in [6, 6.07) is 9.58. The Morgan fingerprint density at radius 3 is 2.88 bits per heavy atom. The van der Waals surface area contributed by atoms with E-state index in [4.69, 9.17) is 13.9 Å². The van der Waals surface area contributed by atoms with Crippen LogP contribution in [0.15, 0.2) is 41.0 Å². The van der Waals surface area contributed by atoms with E-state index in [1.807, 2.05) is 35.2 Å². The number of likely N-dealkylation sites (tertiary alicyclic amines) is 1. The van der Waals surface area contributed by atoms with Crippen LogP contribution in [0.25, 0.3) is 0 Å². The summed E-state index contributed by atoms with van der Waals surface area (Å²) in [5.74, 6) is 2.98. The van der Waals surface area contributed by atoms with E-state index in [-0.39, 0.29) is 11.8 Å². The maximum absolute atomic E-state index is 12.4. The summed E-state index contributed by atoms with van der Waals surface area (Å²) < 4.78 is 16.1. The van der Waals surface area contributed by atoms with Crippen molar-refractivity contribution < 1.29 is 18.7 Å². The van der Waals surface area contributed by atoms with E-state index in [2.05, 4.69) is 0 Å². The minimum absolute atomic E-state index is 0.177. The van der Waals surface area contributed by atoms with Gasteiger partial charge in [0.2, 0.25) is 5.91 Å². The quantitative estimate of drug-likeness (QED) is 0.816. The molecule has 128 valence electrons. The molecular weight excluding hydrogens is 306 g/mol. The molecule has 24 heavy (non-hydrogen) atoms. The summed E-state index contributed by atoms with van der Waals surface area (Å²) in [5.41, 5.74) is 1.11. The van der Waals surface area contributed by atoms with Crippen LogP contribution in [0.5, 0.6) is 11.5 Å². The Hall–Kier alpha value is -2.43. The molecule has 3 rings (SSSR count). The first kappa shape index (κ1) is 16.4. The molecule has 0 radical (unpaired) electrons. The lowest BCUT2D eigenvalue weighted by Crippen LogP contribution is -2.28. The van der Waals surface area contributed by atoms with Gasteiger partial charge in [0.1, 0.15) is 17.3 Å². The highest BCUT2D eigenvalue weighted by molar-refractivity contribution is 5.76. The maximum Gasteiger partial charge on any atom is 0.223 e. The first-order chi connectivity index (χ1) is 11.7. The summed E-state index contributed by atoms with van der Waals surface area (Å²) >= 11 is 0. The van der Waals surface area contributed by atoms with Crippen molar-refractivity contribution in [2.75, 3.05) is 27.3 Å². The number of furan rings is 1. The number of rotatable bonds is 6. The van der Waals surface area contributed by atoms with Crippen LogP contribution in [-0.2, 0) is 11.2 Å². The van der Waals surface area contributed by atoms with Crippen LogP contribution < -0.4 is 9.47 Å². The lowest BCUT2D eigenvalue weighted by molar-refractivity contribution is -0.130. The van der Waals surface area contributed by atoms with Crippen molar-refractivity contribution in [1.29, 1.82) is 0 Å². The smallest absolute Gasteiger partial charge is 0.223 e.